The van der Waals surface area contributed by atoms with Gasteiger partial charge in [-0.3, -0.25) is 9.59 Å². The van der Waals surface area contributed by atoms with Crippen molar-refractivity contribution in [2.24, 2.45) is 5.92 Å². The Kier molecular flexibility index (Phi) is 4.26. The molecule has 1 aromatic heterocycles. The summed E-state index contributed by atoms with van der Waals surface area (Å²) in [6, 6.07) is 8.02. The van der Waals surface area contributed by atoms with E-state index in [4.69, 9.17) is 4.74 Å². The van der Waals surface area contributed by atoms with E-state index in [1.165, 1.54) is 0 Å². The van der Waals surface area contributed by atoms with E-state index < -0.39 is 5.60 Å². The standard InChI is InChI=1S/C20H23N3O3/c1-14-6-2-3-7-17(14)23-13-15(12-22-23)11-21-19(25)16-10-18(24)26-20(16)8-4-5-9-20/h2-3,6-7,12-13,16H,4-5,8-11H2,1H3,(H,21,25). The lowest BCUT2D eigenvalue weighted by Gasteiger charge is -2.27. The lowest BCUT2D eigenvalue weighted by Crippen LogP contribution is -2.42. The van der Waals surface area contributed by atoms with E-state index in [1.54, 1.807) is 6.20 Å². The number of aryl methyl sites for hydroxylation is 1. The van der Waals surface area contributed by atoms with Gasteiger partial charge in [0.2, 0.25) is 5.91 Å². The fraction of sp³-hybridized carbons (Fsp3) is 0.450. The Morgan fingerprint density at radius 2 is 2.12 bits per heavy atom. The Morgan fingerprint density at radius 1 is 1.35 bits per heavy atom. The first-order valence-electron chi connectivity index (χ1n) is 9.16. The van der Waals surface area contributed by atoms with Crippen molar-refractivity contribution < 1.29 is 14.3 Å². The minimum Gasteiger partial charge on any atom is -0.458 e. The van der Waals surface area contributed by atoms with Crippen LogP contribution in [0.3, 0.4) is 0 Å². The van der Waals surface area contributed by atoms with Gasteiger partial charge >= 0.3 is 5.97 Å². The van der Waals surface area contributed by atoms with Crippen molar-refractivity contribution in [3.63, 3.8) is 0 Å². The zero-order valence-electron chi connectivity index (χ0n) is 14.9. The second kappa shape index (κ2) is 6.59. The Morgan fingerprint density at radius 3 is 2.88 bits per heavy atom. The van der Waals surface area contributed by atoms with Gasteiger partial charge in [0.15, 0.2) is 0 Å². The van der Waals surface area contributed by atoms with E-state index in [0.29, 0.717) is 6.54 Å². The molecule has 1 amide bonds. The van der Waals surface area contributed by atoms with Crippen molar-refractivity contribution in [2.45, 2.75) is 51.2 Å². The van der Waals surface area contributed by atoms with E-state index in [1.807, 2.05) is 42.1 Å². The van der Waals surface area contributed by atoms with Gasteiger partial charge in [-0.2, -0.15) is 5.10 Å². The second-order valence-electron chi connectivity index (χ2n) is 7.30. The predicted molar refractivity (Wildman–Crippen MR) is 95.5 cm³/mol. The summed E-state index contributed by atoms with van der Waals surface area (Å²) in [6.45, 7) is 2.43. The van der Waals surface area contributed by atoms with Gasteiger partial charge in [-0.05, 0) is 44.2 Å². The molecule has 2 fully saturated rings. The summed E-state index contributed by atoms with van der Waals surface area (Å²) in [5.41, 5.74) is 2.51. The number of amides is 1. The fourth-order valence-electron chi connectivity index (χ4n) is 4.16. The molecule has 6 heteroatoms. The van der Waals surface area contributed by atoms with E-state index in [-0.39, 0.29) is 24.2 Å². The molecule has 1 spiro atoms. The molecule has 1 saturated carbocycles. The minimum absolute atomic E-state index is 0.0959. The molecule has 2 aromatic rings. The molecular formula is C20H23N3O3. The van der Waals surface area contributed by atoms with Crippen LogP contribution in [0, 0.1) is 12.8 Å². The van der Waals surface area contributed by atoms with Gasteiger partial charge in [-0.15, -0.1) is 0 Å². The molecule has 1 saturated heterocycles. The fourth-order valence-corrected chi connectivity index (χ4v) is 4.16. The van der Waals surface area contributed by atoms with Crippen molar-refractivity contribution in [1.29, 1.82) is 0 Å². The number of para-hydroxylation sites is 1. The van der Waals surface area contributed by atoms with Gasteiger partial charge in [0.25, 0.3) is 0 Å². The smallest absolute Gasteiger partial charge is 0.307 e. The monoisotopic (exact) mass is 353 g/mol. The highest BCUT2D eigenvalue weighted by Gasteiger charge is 2.53. The van der Waals surface area contributed by atoms with E-state index in [9.17, 15) is 9.59 Å². The number of nitrogens with zero attached hydrogens (tertiary/aromatic N) is 2. The normalized spacial score (nSPS) is 21.1. The quantitative estimate of drug-likeness (QED) is 0.858. The third-order valence-corrected chi connectivity index (χ3v) is 5.55. The maximum Gasteiger partial charge on any atom is 0.307 e. The molecule has 1 aliphatic carbocycles. The third-order valence-electron chi connectivity index (χ3n) is 5.55. The van der Waals surface area contributed by atoms with Crippen LogP contribution in [0.1, 0.15) is 43.2 Å². The zero-order chi connectivity index (χ0) is 18.1. The van der Waals surface area contributed by atoms with Crippen LogP contribution in [-0.4, -0.2) is 27.3 Å². The van der Waals surface area contributed by atoms with Crippen LogP contribution in [0.15, 0.2) is 36.7 Å². The summed E-state index contributed by atoms with van der Waals surface area (Å²) in [5.74, 6) is -0.718. The first kappa shape index (κ1) is 16.8. The summed E-state index contributed by atoms with van der Waals surface area (Å²) in [5, 5.41) is 7.36. The van der Waals surface area contributed by atoms with Crippen LogP contribution in [0.4, 0.5) is 0 Å². The first-order valence-corrected chi connectivity index (χ1v) is 9.16. The van der Waals surface area contributed by atoms with E-state index in [2.05, 4.69) is 10.4 Å². The number of carbonyl (C=O) groups is 2. The maximum absolute atomic E-state index is 12.7. The van der Waals surface area contributed by atoms with Gasteiger partial charge in [0.1, 0.15) is 5.60 Å². The molecular weight excluding hydrogens is 330 g/mol. The summed E-state index contributed by atoms with van der Waals surface area (Å²) < 4.78 is 7.37. The predicted octanol–water partition coefficient (Wildman–Crippen LogP) is 2.67. The number of aromatic nitrogens is 2. The average molecular weight is 353 g/mol. The van der Waals surface area contributed by atoms with Crippen molar-refractivity contribution >= 4 is 11.9 Å². The van der Waals surface area contributed by atoms with E-state index in [0.717, 1.165) is 42.5 Å². The number of carbonyl (C=O) groups excluding carboxylic acids is 2. The molecule has 0 bridgehead atoms. The minimum atomic E-state index is -0.563. The Hall–Kier alpha value is -2.63. The Balaban J connectivity index is 1.42. The Bertz CT molecular complexity index is 836. The molecule has 6 nitrogen and oxygen atoms in total. The Labute approximate surface area is 152 Å². The summed E-state index contributed by atoms with van der Waals surface area (Å²) in [6.07, 6.45) is 7.48. The van der Waals surface area contributed by atoms with Crippen molar-refractivity contribution in [2.75, 3.05) is 0 Å². The van der Waals surface area contributed by atoms with Crippen LogP contribution in [-0.2, 0) is 20.9 Å². The molecule has 2 heterocycles. The molecule has 26 heavy (non-hydrogen) atoms. The summed E-state index contributed by atoms with van der Waals surface area (Å²) in [7, 11) is 0. The highest BCUT2D eigenvalue weighted by Crippen LogP contribution is 2.45. The third kappa shape index (κ3) is 3.00. The lowest BCUT2D eigenvalue weighted by molar-refractivity contribution is -0.149. The lowest BCUT2D eigenvalue weighted by atomic mass is 9.85. The molecule has 1 atom stereocenters. The van der Waals surface area contributed by atoms with Crippen molar-refractivity contribution in [1.82, 2.24) is 15.1 Å². The first-order chi connectivity index (χ1) is 12.6. The van der Waals surface area contributed by atoms with Crippen molar-refractivity contribution in [3.05, 3.63) is 47.8 Å². The van der Waals surface area contributed by atoms with E-state index >= 15 is 0 Å². The molecule has 2 aliphatic rings. The summed E-state index contributed by atoms with van der Waals surface area (Å²) in [4.78, 5) is 24.5. The number of rotatable bonds is 4. The summed E-state index contributed by atoms with van der Waals surface area (Å²) >= 11 is 0. The van der Waals surface area contributed by atoms with Crippen LogP contribution in [0.5, 0.6) is 0 Å². The number of ether oxygens (including phenoxy) is 1. The zero-order valence-corrected chi connectivity index (χ0v) is 14.9. The highest BCUT2D eigenvalue weighted by atomic mass is 16.6. The molecule has 4 rings (SSSR count). The van der Waals surface area contributed by atoms with Gasteiger partial charge in [-0.25, -0.2) is 4.68 Å². The van der Waals surface area contributed by atoms with Gasteiger partial charge in [0, 0.05) is 18.3 Å². The number of benzene rings is 1. The number of hydrogen-bond donors (Lipinski definition) is 1. The highest BCUT2D eigenvalue weighted by molar-refractivity contribution is 5.87. The van der Waals surface area contributed by atoms with Crippen LogP contribution in [0.25, 0.3) is 5.69 Å². The van der Waals surface area contributed by atoms with Crippen LogP contribution in [0.2, 0.25) is 0 Å². The molecule has 1 aliphatic heterocycles. The van der Waals surface area contributed by atoms with Crippen LogP contribution < -0.4 is 5.32 Å². The van der Waals surface area contributed by atoms with Gasteiger partial charge in [0.05, 0.1) is 24.2 Å². The van der Waals surface area contributed by atoms with Crippen molar-refractivity contribution in [3.8, 4) is 5.69 Å². The number of hydrogen-bond acceptors (Lipinski definition) is 4. The molecule has 1 N–H and O–H groups in total. The number of esters is 1. The van der Waals surface area contributed by atoms with Gasteiger partial charge in [-0.1, -0.05) is 18.2 Å². The van der Waals surface area contributed by atoms with Gasteiger partial charge < -0.3 is 10.1 Å². The average Bonchev–Trinajstić information content (AvgIpc) is 3.34. The maximum atomic E-state index is 12.7. The molecule has 1 aromatic carbocycles. The topological polar surface area (TPSA) is 73.2 Å². The van der Waals surface area contributed by atoms with Crippen LogP contribution >= 0.6 is 0 Å². The molecule has 1 unspecified atom stereocenters. The largest absolute Gasteiger partial charge is 0.458 e. The molecule has 0 radical (unpaired) electrons. The SMILES string of the molecule is Cc1ccccc1-n1cc(CNC(=O)C2CC(=O)OC23CCCC3)cn1. The second-order valence-corrected chi connectivity index (χ2v) is 7.30. The number of nitrogens with one attached hydrogen (secondary N) is 1. The molecule has 136 valence electrons.